The topological polar surface area (TPSA) is 53.6 Å². The highest BCUT2D eigenvalue weighted by molar-refractivity contribution is 9.10. The third-order valence-corrected chi connectivity index (χ3v) is 5.20. The van der Waals surface area contributed by atoms with Gasteiger partial charge in [-0.1, -0.05) is 27.9 Å². The molecule has 154 valence electrons. The molecule has 1 N–H and O–H groups in total. The third-order valence-electron chi connectivity index (χ3n) is 4.51. The summed E-state index contributed by atoms with van der Waals surface area (Å²) in [7, 11) is 0. The van der Waals surface area contributed by atoms with Crippen LogP contribution < -0.4 is 5.32 Å². The van der Waals surface area contributed by atoms with Gasteiger partial charge in [0.25, 0.3) is 0 Å². The second kappa shape index (κ2) is 8.41. The summed E-state index contributed by atoms with van der Waals surface area (Å²) in [6, 6.07) is 12.5. The maximum atomic E-state index is 13.1. The van der Waals surface area contributed by atoms with Crippen LogP contribution in [0.25, 0.3) is 10.9 Å². The van der Waals surface area contributed by atoms with Crippen molar-refractivity contribution in [2.75, 3.05) is 11.9 Å². The molecule has 30 heavy (non-hydrogen) atoms. The highest BCUT2D eigenvalue weighted by atomic mass is 79.9. The minimum atomic E-state index is -4.35. The molecule has 0 aliphatic carbocycles. The minimum absolute atomic E-state index is 0.234. The van der Waals surface area contributed by atoms with Crippen LogP contribution in [0.3, 0.4) is 0 Å². The minimum Gasteiger partial charge on any atom is -0.373 e. The van der Waals surface area contributed by atoms with Crippen LogP contribution in [0, 0.1) is 23.2 Å². The van der Waals surface area contributed by atoms with Gasteiger partial charge < -0.3 is 9.88 Å². The summed E-state index contributed by atoms with van der Waals surface area (Å²) in [6.07, 6.45) is -2.75. The molecule has 2 aromatic heterocycles. The normalized spacial score (nSPS) is 11.6. The monoisotopic (exact) mass is 474 g/mol. The summed E-state index contributed by atoms with van der Waals surface area (Å²) in [5.74, 6) is 5.70. The molecule has 0 fully saturated rings. The van der Waals surface area contributed by atoms with E-state index in [-0.39, 0.29) is 6.54 Å². The molecule has 0 spiro atoms. The van der Waals surface area contributed by atoms with E-state index in [2.05, 4.69) is 44.1 Å². The van der Waals surface area contributed by atoms with Gasteiger partial charge in [-0.05, 0) is 50.1 Å². The van der Waals surface area contributed by atoms with E-state index in [1.807, 2.05) is 0 Å². The molecule has 1 aromatic carbocycles. The van der Waals surface area contributed by atoms with Crippen molar-refractivity contribution in [1.29, 1.82) is 5.26 Å². The number of aromatic nitrogens is 2. The zero-order chi connectivity index (χ0) is 21.9. The molecule has 0 unspecified atom stereocenters. The van der Waals surface area contributed by atoms with Crippen LogP contribution in [0.15, 0.2) is 47.1 Å². The molecule has 8 heteroatoms. The first-order chi connectivity index (χ1) is 14.1. The fraction of sp³-hybridized carbons (Fsp3) is 0.273. The second-order valence-electron chi connectivity index (χ2n) is 7.23. The summed E-state index contributed by atoms with van der Waals surface area (Å²) in [6.45, 7) is 2.69. The molecule has 3 rings (SSSR count). The van der Waals surface area contributed by atoms with E-state index in [0.717, 1.165) is 0 Å². The summed E-state index contributed by atoms with van der Waals surface area (Å²) in [5.41, 5.74) is 1.45. The zero-order valence-corrected chi connectivity index (χ0v) is 17.9. The number of nitriles is 1. The smallest absolute Gasteiger partial charge is 0.373 e. The Labute approximate surface area is 180 Å². The maximum absolute atomic E-state index is 13.1. The second-order valence-corrected chi connectivity index (χ2v) is 8.08. The number of anilines is 1. The number of alkyl halides is 3. The van der Waals surface area contributed by atoms with E-state index in [9.17, 15) is 13.2 Å². The largest absolute Gasteiger partial charge is 0.406 e. The SMILES string of the molecule is CC(C)(C#N)c1ccc(NCC#Cc2cc3c(Br)cccc3n2CC(F)(F)F)cn1. The maximum Gasteiger partial charge on any atom is 0.406 e. The molecule has 0 saturated heterocycles. The molecule has 0 bridgehead atoms. The summed E-state index contributed by atoms with van der Waals surface area (Å²) in [4.78, 5) is 4.28. The van der Waals surface area contributed by atoms with Gasteiger partial charge in [0.15, 0.2) is 0 Å². The molecule has 4 nitrogen and oxygen atoms in total. The first kappa shape index (κ1) is 21.7. The van der Waals surface area contributed by atoms with E-state index in [4.69, 9.17) is 5.26 Å². The van der Waals surface area contributed by atoms with Crippen molar-refractivity contribution in [3.05, 3.63) is 58.5 Å². The summed E-state index contributed by atoms with van der Waals surface area (Å²) in [5, 5.41) is 12.9. The van der Waals surface area contributed by atoms with Gasteiger partial charge in [0.05, 0.1) is 46.8 Å². The molecule has 0 saturated carbocycles. The number of benzene rings is 1. The lowest BCUT2D eigenvalue weighted by atomic mass is 9.91. The predicted octanol–water partition coefficient (Wildman–Crippen LogP) is 5.63. The van der Waals surface area contributed by atoms with E-state index < -0.39 is 18.1 Å². The number of hydrogen-bond donors (Lipinski definition) is 1. The van der Waals surface area contributed by atoms with Gasteiger partial charge in [-0.25, -0.2) is 0 Å². The van der Waals surface area contributed by atoms with Crippen LogP contribution >= 0.6 is 15.9 Å². The van der Waals surface area contributed by atoms with Gasteiger partial charge in [-0.3, -0.25) is 4.98 Å². The Morgan fingerprint density at radius 2 is 1.97 bits per heavy atom. The molecule has 2 heterocycles. The molecule has 3 aromatic rings. The van der Waals surface area contributed by atoms with Gasteiger partial charge >= 0.3 is 6.18 Å². The highest BCUT2D eigenvalue weighted by Gasteiger charge is 2.29. The molecule has 0 aliphatic rings. The van der Waals surface area contributed by atoms with Gasteiger partial charge in [0.1, 0.15) is 6.54 Å². The zero-order valence-electron chi connectivity index (χ0n) is 16.3. The standard InChI is InChI=1S/C22H18BrF3N4/c1-21(2,13-27)20-9-8-15(12-29-20)28-10-4-5-16-11-17-18(23)6-3-7-19(17)30(16)14-22(24,25)26/h3,6-9,11-12,28H,10,14H2,1-2H3. The Kier molecular flexibility index (Phi) is 6.09. The van der Waals surface area contributed by atoms with Crippen LogP contribution in [-0.2, 0) is 12.0 Å². The Morgan fingerprint density at radius 3 is 2.60 bits per heavy atom. The van der Waals surface area contributed by atoms with Crippen molar-refractivity contribution in [3.8, 4) is 17.9 Å². The number of pyridine rings is 1. The lowest BCUT2D eigenvalue weighted by Gasteiger charge is -2.14. The van der Waals surface area contributed by atoms with Gasteiger partial charge in [0.2, 0.25) is 0 Å². The summed E-state index contributed by atoms with van der Waals surface area (Å²) < 4.78 is 41.1. The molecule has 0 radical (unpaired) electrons. The fourth-order valence-corrected chi connectivity index (χ4v) is 3.38. The van der Waals surface area contributed by atoms with Gasteiger partial charge in [-0.2, -0.15) is 18.4 Å². The molecule has 0 atom stereocenters. The van der Waals surface area contributed by atoms with E-state index in [1.165, 1.54) is 4.57 Å². The molecule has 0 amide bonds. The Balaban J connectivity index is 1.79. The number of nitrogens with zero attached hydrogens (tertiary/aromatic N) is 3. The van der Waals surface area contributed by atoms with Crippen LogP contribution in [0.5, 0.6) is 0 Å². The fourth-order valence-electron chi connectivity index (χ4n) is 2.91. The quantitative estimate of drug-likeness (QED) is 0.498. The number of nitrogens with one attached hydrogen (secondary N) is 1. The first-order valence-electron chi connectivity index (χ1n) is 9.06. The molecule has 0 aliphatic heterocycles. The average molecular weight is 475 g/mol. The molecular weight excluding hydrogens is 457 g/mol. The van der Waals surface area contributed by atoms with Gasteiger partial charge in [0, 0.05) is 9.86 Å². The summed E-state index contributed by atoms with van der Waals surface area (Å²) >= 11 is 3.38. The van der Waals surface area contributed by atoms with E-state index >= 15 is 0 Å². The van der Waals surface area contributed by atoms with Crippen molar-refractivity contribution >= 4 is 32.5 Å². The van der Waals surface area contributed by atoms with Crippen LogP contribution in [0.2, 0.25) is 0 Å². The van der Waals surface area contributed by atoms with Crippen molar-refractivity contribution < 1.29 is 13.2 Å². The van der Waals surface area contributed by atoms with Crippen molar-refractivity contribution in [2.45, 2.75) is 32.0 Å². The third kappa shape index (κ3) is 4.95. The number of rotatable bonds is 4. The van der Waals surface area contributed by atoms with Crippen LogP contribution in [0.4, 0.5) is 18.9 Å². The first-order valence-corrected chi connectivity index (χ1v) is 9.85. The lowest BCUT2D eigenvalue weighted by Crippen LogP contribution is -2.18. The van der Waals surface area contributed by atoms with Crippen LogP contribution in [-0.4, -0.2) is 22.3 Å². The predicted molar refractivity (Wildman–Crippen MR) is 114 cm³/mol. The molecular formula is C22H18BrF3N4. The van der Waals surface area contributed by atoms with Crippen LogP contribution in [0.1, 0.15) is 25.2 Å². The van der Waals surface area contributed by atoms with Crippen molar-refractivity contribution in [2.24, 2.45) is 0 Å². The highest BCUT2D eigenvalue weighted by Crippen LogP contribution is 2.30. The Bertz CT molecular complexity index is 1160. The Morgan fingerprint density at radius 1 is 1.20 bits per heavy atom. The van der Waals surface area contributed by atoms with Crippen molar-refractivity contribution in [3.63, 3.8) is 0 Å². The lowest BCUT2D eigenvalue weighted by molar-refractivity contribution is -0.140. The van der Waals surface area contributed by atoms with E-state index in [1.54, 1.807) is 56.4 Å². The Hall–Kier alpha value is -2.97. The number of hydrogen-bond acceptors (Lipinski definition) is 3. The van der Waals surface area contributed by atoms with Crippen molar-refractivity contribution in [1.82, 2.24) is 9.55 Å². The van der Waals surface area contributed by atoms with E-state index in [0.29, 0.717) is 32.5 Å². The number of halogens is 4. The average Bonchev–Trinajstić information content (AvgIpc) is 3.03. The number of fused-ring (bicyclic) bond motifs is 1. The van der Waals surface area contributed by atoms with Gasteiger partial charge in [-0.15, -0.1) is 0 Å².